The van der Waals surface area contributed by atoms with Gasteiger partial charge in [0.2, 0.25) is 0 Å². The summed E-state index contributed by atoms with van der Waals surface area (Å²) in [4.78, 5) is 8.74. The first-order valence-corrected chi connectivity index (χ1v) is 20.7. The molecule has 0 spiro atoms. The molecule has 2 aromatic heterocycles. The van der Waals surface area contributed by atoms with Gasteiger partial charge in [-0.15, -0.1) is 0 Å². The molecule has 0 aliphatic carbocycles. The van der Waals surface area contributed by atoms with E-state index in [2.05, 4.69) is 47.7 Å². The van der Waals surface area contributed by atoms with E-state index in [1.807, 2.05) is 22.7 Å². The van der Waals surface area contributed by atoms with Crippen molar-refractivity contribution < 1.29 is 9.47 Å². The molecule has 1 aromatic carbocycles. The van der Waals surface area contributed by atoms with E-state index in [4.69, 9.17) is 9.47 Å². The molecular weight excluding hydrogens is 455 g/mol. The molecule has 0 aliphatic heterocycles. The third-order valence-electron chi connectivity index (χ3n) is 4.13. The Morgan fingerprint density at radius 2 is 1.36 bits per heavy atom. The van der Waals surface area contributed by atoms with Crippen LogP contribution in [0.1, 0.15) is 31.6 Å². The molecule has 5 heteroatoms. The molecule has 2 heterocycles. The molecule has 0 saturated carbocycles. The second-order valence-electron chi connectivity index (χ2n) is 7.56. The standard InChI is InChI=1S/C17H19O2S2.3CH3.Sn/c1-4-7-18-14-12-6-9-20-16(12)15(19-8-5-2)13-10-11(3)21-17(13)14;;;;/h6,10H,4-5,7-8H2,1-3H3;3*1H3;. The quantitative estimate of drug-likeness (QED) is 0.355. The first-order valence-electron chi connectivity index (χ1n) is 9.12. The van der Waals surface area contributed by atoms with Gasteiger partial charge in [0.25, 0.3) is 0 Å². The monoisotopic (exact) mass is 484 g/mol. The van der Waals surface area contributed by atoms with Crippen LogP contribution in [-0.4, -0.2) is 31.6 Å². The van der Waals surface area contributed by atoms with Crippen LogP contribution in [0.5, 0.6) is 11.5 Å². The Hall–Kier alpha value is -0.461. The van der Waals surface area contributed by atoms with Gasteiger partial charge in [-0.3, -0.25) is 0 Å². The summed E-state index contributed by atoms with van der Waals surface area (Å²) in [6.07, 6.45) is 2.05. The number of benzene rings is 1. The van der Waals surface area contributed by atoms with Crippen molar-refractivity contribution in [2.75, 3.05) is 13.2 Å². The van der Waals surface area contributed by atoms with Crippen LogP contribution in [-0.2, 0) is 0 Å². The van der Waals surface area contributed by atoms with Gasteiger partial charge >= 0.3 is 164 Å². The molecule has 0 aliphatic rings. The molecule has 0 amide bonds. The van der Waals surface area contributed by atoms with E-state index in [9.17, 15) is 0 Å². The normalized spacial score (nSPS) is 12.2. The predicted octanol–water partition coefficient (Wildman–Crippen LogP) is 6.55. The van der Waals surface area contributed by atoms with Gasteiger partial charge in [-0.2, -0.15) is 0 Å². The summed E-state index contributed by atoms with van der Waals surface area (Å²) >= 11 is 1.62. The Morgan fingerprint density at radius 3 is 1.88 bits per heavy atom. The summed E-state index contributed by atoms with van der Waals surface area (Å²) in [5.41, 5.74) is 0. The van der Waals surface area contributed by atoms with Gasteiger partial charge in [0.15, 0.2) is 0 Å². The van der Waals surface area contributed by atoms with Gasteiger partial charge < -0.3 is 0 Å². The van der Waals surface area contributed by atoms with Crippen molar-refractivity contribution in [3.63, 3.8) is 0 Å². The molecule has 0 bridgehead atoms. The van der Waals surface area contributed by atoms with Crippen LogP contribution < -0.4 is 12.4 Å². The van der Waals surface area contributed by atoms with Crippen molar-refractivity contribution in [2.45, 2.75) is 48.4 Å². The zero-order valence-electron chi connectivity index (χ0n) is 16.1. The average Bonchev–Trinajstić information content (AvgIpc) is 3.14. The predicted molar refractivity (Wildman–Crippen MR) is 116 cm³/mol. The van der Waals surface area contributed by atoms with Crippen LogP contribution in [0.15, 0.2) is 12.1 Å². The minimum absolute atomic E-state index is 0.764. The fourth-order valence-corrected chi connectivity index (χ4v) is 10.3. The zero-order chi connectivity index (χ0) is 18.2. The average molecular weight is 483 g/mol. The van der Waals surface area contributed by atoms with Gasteiger partial charge in [-0.25, -0.2) is 0 Å². The number of hydrogen-bond acceptors (Lipinski definition) is 4. The fraction of sp³-hybridized carbons (Fsp3) is 0.500. The Labute approximate surface area is 163 Å². The molecule has 0 unspecified atom stereocenters. The molecule has 0 fully saturated rings. The number of ether oxygens (including phenoxy) is 2. The van der Waals surface area contributed by atoms with E-state index in [0.717, 1.165) is 37.6 Å². The summed E-state index contributed by atoms with van der Waals surface area (Å²) < 4.78 is 16.6. The summed E-state index contributed by atoms with van der Waals surface area (Å²) in [6.45, 7) is 8.03. The van der Waals surface area contributed by atoms with Gasteiger partial charge in [-0.1, -0.05) is 0 Å². The number of rotatable bonds is 7. The molecule has 25 heavy (non-hydrogen) atoms. The van der Waals surface area contributed by atoms with Crippen LogP contribution in [0.3, 0.4) is 0 Å². The van der Waals surface area contributed by atoms with Crippen LogP contribution in [0.2, 0.25) is 14.8 Å². The van der Waals surface area contributed by atoms with Crippen LogP contribution in [0.25, 0.3) is 20.2 Å². The van der Waals surface area contributed by atoms with Crippen molar-refractivity contribution in [1.29, 1.82) is 0 Å². The summed E-state index contributed by atoms with van der Waals surface area (Å²) in [5, 5.41) is 2.49. The second-order valence-corrected chi connectivity index (χ2v) is 25.3. The molecule has 0 N–H and O–H groups in total. The number of hydrogen-bond donors (Lipinski definition) is 0. The third kappa shape index (κ3) is 3.81. The van der Waals surface area contributed by atoms with Crippen molar-refractivity contribution in [1.82, 2.24) is 0 Å². The maximum atomic E-state index is 6.27. The Kier molecular flexibility index (Phi) is 5.91. The first-order chi connectivity index (χ1) is 11.9. The van der Waals surface area contributed by atoms with Crippen molar-refractivity contribution in [3.05, 3.63) is 17.0 Å². The van der Waals surface area contributed by atoms with E-state index in [1.165, 1.54) is 25.0 Å². The molecule has 0 radical (unpaired) electrons. The minimum atomic E-state index is -2.15. The van der Waals surface area contributed by atoms with E-state index in [1.54, 1.807) is 2.89 Å². The van der Waals surface area contributed by atoms with Crippen molar-refractivity contribution in [2.24, 2.45) is 0 Å². The fourth-order valence-electron chi connectivity index (χ4n) is 2.89. The van der Waals surface area contributed by atoms with E-state index in [0.29, 0.717) is 0 Å². The number of thiophene rings is 2. The van der Waals surface area contributed by atoms with Gasteiger partial charge in [0, 0.05) is 0 Å². The number of fused-ring (bicyclic) bond motifs is 2. The van der Waals surface area contributed by atoms with Crippen LogP contribution in [0, 0.1) is 6.92 Å². The Morgan fingerprint density at radius 1 is 0.840 bits per heavy atom. The molecule has 3 aromatic rings. The number of aryl methyl sites for hydroxylation is 1. The zero-order valence-corrected chi connectivity index (χ0v) is 20.6. The third-order valence-corrected chi connectivity index (χ3v) is 15.7. The van der Waals surface area contributed by atoms with E-state index < -0.39 is 18.4 Å². The SMILES string of the molecule is CCCOc1c2c[c]([Sn]([CH3])([CH3])[CH3])sc2c(OCCC)c2cc(C)sc12. The maximum absolute atomic E-state index is 6.27. The summed E-state index contributed by atoms with van der Waals surface area (Å²) in [7, 11) is 0. The van der Waals surface area contributed by atoms with Gasteiger partial charge in [-0.05, 0) is 0 Å². The van der Waals surface area contributed by atoms with E-state index in [-0.39, 0.29) is 0 Å². The van der Waals surface area contributed by atoms with Crippen LogP contribution in [0.4, 0.5) is 0 Å². The molecule has 2 nitrogen and oxygen atoms in total. The van der Waals surface area contributed by atoms with Crippen LogP contribution >= 0.6 is 22.7 Å². The Balaban J connectivity index is 2.34. The molecular formula is C20H28O2S2Sn. The summed E-state index contributed by atoms with van der Waals surface area (Å²) in [6, 6.07) is 4.68. The topological polar surface area (TPSA) is 18.5 Å². The molecule has 136 valence electrons. The van der Waals surface area contributed by atoms with E-state index >= 15 is 0 Å². The summed E-state index contributed by atoms with van der Waals surface area (Å²) in [5.74, 6) is 2.15. The van der Waals surface area contributed by atoms with Gasteiger partial charge in [0.05, 0.1) is 0 Å². The molecule has 3 rings (SSSR count). The molecule has 0 saturated heterocycles. The molecule has 0 atom stereocenters. The Bertz CT molecular complexity index is 824. The first kappa shape index (κ1) is 19.3. The van der Waals surface area contributed by atoms with Crippen molar-refractivity contribution >= 4 is 64.1 Å². The van der Waals surface area contributed by atoms with Crippen molar-refractivity contribution in [3.8, 4) is 11.5 Å². The van der Waals surface area contributed by atoms with Gasteiger partial charge in [0.1, 0.15) is 0 Å². The second kappa shape index (κ2) is 7.65.